The molecule has 0 spiro atoms. The molecule has 0 saturated heterocycles. The minimum Gasteiger partial charge on any atom is -0.379 e. The van der Waals surface area contributed by atoms with Crippen molar-refractivity contribution in [1.82, 2.24) is 10.0 Å². The smallest absolute Gasteiger partial charge is 0.244 e. The first-order chi connectivity index (χ1) is 14.3. The zero-order valence-electron chi connectivity index (χ0n) is 17.1. The third-order valence-corrected chi connectivity index (χ3v) is 5.73. The van der Waals surface area contributed by atoms with Crippen molar-refractivity contribution in [1.29, 1.82) is 0 Å². The molecule has 0 aliphatic rings. The van der Waals surface area contributed by atoms with Gasteiger partial charge in [-0.3, -0.25) is 4.79 Å². The Hall–Kier alpha value is -2.33. The van der Waals surface area contributed by atoms with E-state index in [0.29, 0.717) is 26.4 Å². The zero-order chi connectivity index (χ0) is 22.0. The number of halogens is 1. The summed E-state index contributed by atoms with van der Waals surface area (Å²) in [5.41, 5.74) is 1.80. The predicted molar refractivity (Wildman–Crippen MR) is 111 cm³/mol. The molecule has 2 rings (SSSR count). The van der Waals surface area contributed by atoms with Gasteiger partial charge in [0, 0.05) is 13.2 Å². The normalized spacial score (nSPS) is 12.5. The van der Waals surface area contributed by atoms with Gasteiger partial charge in [0.15, 0.2) is 0 Å². The summed E-state index contributed by atoms with van der Waals surface area (Å²) in [4.78, 5) is 11.8. The van der Waals surface area contributed by atoms with Crippen LogP contribution in [-0.2, 0) is 37.4 Å². The standard InChI is InChI=1S/C21H27FN2O5S/c1-3-28-11-12-29-15-18-8-6-7-17(13-18)14-23-21(25)16(2)24-30(26,27)20-10-5-4-9-19(20)22/h4-10,13,16,24H,3,11-12,14-15H2,1-2H3,(H,23,25)/t16-/m0/s1. The first kappa shape index (κ1) is 23.9. The van der Waals surface area contributed by atoms with E-state index in [4.69, 9.17) is 9.47 Å². The number of carbonyl (C=O) groups is 1. The number of hydrogen-bond acceptors (Lipinski definition) is 5. The lowest BCUT2D eigenvalue weighted by molar-refractivity contribution is -0.122. The summed E-state index contributed by atoms with van der Waals surface area (Å²) in [5, 5.41) is 2.68. The Morgan fingerprint density at radius 3 is 2.50 bits per heavy atom. The van der Waals surface area contributed by atoms with Crippen molar-refractivity contribution in [3.63, 3.8) is 0 Å². The lowest BCUT2D eigenvalue weighted by Crippen LogP contribution is -2.44. The second-order valence-corrected chi connectivity index (χ2v) is 8.24. The first-order valence-electron chi connectivity index (χ1n) is 9.61. The summed E-state index contributed by atoms with van der Waals surface area (Å²) >= 11 is 0. The highest BCUT2D eigenvalue weighted by molar-refractivity contribution is 7.89. The van der Waals surface area contributed by atoms with Gasteiger partial charge in [-0.15, -0.1) is 0 Å². The fourth-order valence-corrected chi connectivity index (χ4v) is 3.92. The van der Waals surface area contributed by atoms with E-state index < -0.39 is 32.7 Å². The molecule has 2 aromatic rings. The summed E-state index contributed by atoms with van der Waals surface area (Å²) in [5.74, 6) is -1.40. The molecule has 164 valence electrons. The lowest BCUT2D eigenvalue weighted by Gasteiger charge is -2.15. The molecular formula is C21H27FN2O5S. The van der Waals surface area contributed by atoms with E-state index in [-0.39, 0.29) is 6.54 Å². The number of rotatable bonds is 12. The highest BCUT2D eigenvalue weighted by Gasteiger charge is 2.24. The van der Waals surface area contributed by atoms with Crippen LogP contribution in [-0.4, -0.2) is 40.2 Å². The molecular weight excluding hydrogens is 411 g/mol. The third-order valence-electron chi connectivity index (χ3n) is 4.15. The van der Waals surface area contributed by atoms with Gasteiger partial charge in [0.05, 0.1) is 25.9 Å². The van der Waals surface area contributed by atoms with Crippen molar-refractivity contribution < 1.29 is 27.1 Å². The van der Waals surface area contributed by atoms with Crippen LogP contribution in [0.5, 0.6) is 0 Å². The molecule has 0 radical (unpaired) electrons. The highest BCUT2D eigenvalue weighted by Crippen LogP contribution is 2.13. The molecule has 0 aliphatic carbocycles. The molecule has 0 aliphatic heterocycles. The number of ether oxygens (including phenoxy) is 2. The van der Waals surface area contributed by atoms with Crippen molar-refractivity contribution in [3.8, 4) is 0 Å². The molecule has 0 aromatic heterocycles. The van der Waals surface area contributed by atoms with E-state index in [1.54, 1.807) is 0 Å². The SMILES string of the molecule is CCOCCOCc1cccc(CNC(=O)[C@H](C)NS(=O)(=O)c2ccccc2F)c1. The molecule has 2 N–H and O–H groups in total. The molecule has 9 heteroatoms. The van der Waals surface area contributed by atoms with E-state index in [0.717, 1.165) is 23.3 Å². The van der Waals surface area contributed by atoms with Crippen LogP contribution in [0.3, 0.4) is 0 Å². The summed E-state index contributed by atoms with van der Waals surface area (Å²) in [6.07, 6.45) is 0. The van der Waals surface area contributed by atoms with E-state index in [1.807, 2.05) is 31.2 Å². The Morgan fingerprint density at radius 2 is 1.77 bits per heavy atom. The van der Waals surface area contributed by atoms with Crippen LogP contribution in [0.4, 0.5) is 4.39 Å². The topological polar surface area (TPSA) is 93.7 Å². The van der Waals surface area contributed by atoms with Crippen LogP contribution in [0.15, 0.2) is 53.4 Å². The molecule has 1 atom stereocenters. The molecule has 30 heavy (non-hydrogen) atoms. The van der Waals surface area contributed by atoms with Crippen LogP contribution in [0.25, 0.3) is 0 Å². The van der Waals surface area contributed by atoms with Crippen molar-refractivity contribution in [3.05, 3.63) is 65.5 Å². The van der Waals surface area contributed by atoms with Crippen LogP contribution >= 0.6 is 0 Å². The quantitative estimate of drug-likeness (QED) is 0.496. The molecule has 0 bridgehead atoms. The second kappa shape index (κ2) is 11.8. The number of hydrogen-bond donors (Lipinski definition) is 2. The van der Waals surface area contributed by atoms with E-state index in [1.165, 1.54) is 19.1 Å². The van der Waals surface area contributed by atoms with Gasteiger partial charge in [-0.25, -0.2) is 12.8 Å². The molecule has 0 unspecified atom stereocenters. The predicted octanol–water partition coefficient (Wildman–Crippen LogP) is 2.36. The molecule has 0 saturated carbocycles. The Kier molecular flexibility index (Phi) is 9.38. The lowest BCUT2D eigenvalue weighted by atomic mass is 10.1. The maximum atomic E-state index is 13.8. The molecule has 1 amide bonds. The maximum Gasteiger partial charge on any atom is 0.244 e. The number of carbonyl (C=O) groups excluding carboxylic acids is 1. The summed E-state index contributed by atoms with van der Waals surface area (Å²) in [7, 11) is -4.15. The van der Waals surface area contributed by atoms with Gasteiger partial charge < -0.3 is 14.8 Å². The van der Waals surface area contributed by atoms with Crippen molar-refractivity contribution in [2.75, 3.05) is 19.8 Å². The van der Waals surface area contributed by atoms with Crippen LogP contribution in [0.1, 0.15) is 25.0 Å². The maximum absolute atomic E-state index is 13.8. The van der Waals surface area contributed by atoms with Crippen molar-refractivity contribution >= 4 is 15.9 Å². The van der Waals surface area contributed by atoms with Gasteiger partial charge in [-0.2, -0.15) is 4.72 Å². The Bertz CT molecular complexity index is 936. The monoisotopic (exact) mass is 438 g/mol. The summed E-state index contributed by atoms with van der Waals surface area (Å²) in [6.45, 7) is 5.64. The van der Waals surface area contributed by atoms with Gasteiger partial charge in [-0.05, 0) is 37.1 Å². The fourth-order valence-electron chi connectivity index (χ4n) is 2.64. The fraction of sp³-hybridized carbons (Fsp3) is 0.381. The third kappa shape index (κ3) is 7.49. The van der Waals surface area contributed by atoms with Gasteiger partial charge >= 0.3 is 0 Å². The number of amides is 1. The summed E-state index contributed by atoms with van der Waals surface area (Å²) in [6, 6.07) is 11.4. The van der Waals surface area contributed by atoms with Crippen molar-refractivity contribution in [2.24, 2.45) is 0 Å². The number of nitrogens with one attached hydrogen (secondary N) is 2. The number of benzene rings is 2. The van der Waals surface area contributed by atoms with Gasteiger partial charge in [-0.1, -0.05) is 36.4 Å². The second-order valence-electron chi connectivity index (χ2n) is 6.56. The van der Waals surface area contributed by atoms with Crippen molar-refractivity contribution in [2.45, 2.75) is 37.9 Å². The van der Waals surface area contributed by atoms with Crippen LogP contribution in [0, 0.1) is 5.82 Å². The van der Waals surface area contributed by atoms with E-state index >= 15 is 0 Å². The molecule has 0 fully saturated rings. The van der Waals surface area contributed by atoms with Crippen LogP contribution < -0.4 is 10.0 Å². The van der Waals surface area contributed by atoms with Gasteiger partial charge in [0.25, 0.3) is 0 Å². The molecule has 7 nitrogen and oxygen atoms in total. The Balaban J connectivity index is 1.86. The highest BCUT2D eigenvalue weighted by atomic mass is 32.2. The van der Waals surface area contributed by atoms with Gasteiger partial charge in [0.1, 0.15) is 10.7 Å². The Morgan fingerprint density at radius 1 is 1.07 bits per heavy atom. The number of sulfonamides is 1. The van der Waals surface area contributed by atoms with Crippen LogP contribution in [0.2, 0.25) is 0 Å². The average Bonchev–Trinajstić information content (AvgIpc) is 2.72. The summed E-state index contributed by atoms with van der Waals surface area (Å²) < 4.78 is 51.3. The largest absolute Gasteiger partial charge is 0.379 e. The minimum atomic E-state index is -4.15. The van der Waals surface area contributed by atoms with E-state index in [2.05, 4.69) is 10.0 Å². The molecule has 0 heterocycles. The zero-order valence-corrected chi connectivity index (χ0v) is 17.9. The Labute approximate surface area is 176 Å². The van der Waals surface area contributed by atoms with Gasteiger partial charge in [0.2, 0.25) is 15.9 Å². The average molecular weight is 439 g/mol. The molecule has 2 aromatic carbocycles. The minimum absolute atomic E-state index is 0.220. The first-order valence-corrected chi connectivity index (χ1v) is 11.1. The van der Waals surface area contributed by atoms with E-state index in [9.17, 15) is 17.6 Å².